The van der Waals surface area contributed by atoms with E-state index in [1.165, 1.54) is 16.7 Å². The highest BCUT2D eigenvalue weighted by Crippen LogP contribution is 2.32. The van der Waals surface area contributed by atoms with Crippen LogP contribution in [-0.4, -0.2) is 14.8 Å². The maximum Gasteiger partial charge on any atom is 0.181 e. The SMILES string of the molecule is Clc1ccc2c(c1)CCn1nc(-c3ccc(-c4ccccc4)cc3)nc1-2. The zero-order valence-electron chi connectivity index (χ0n) is 14.1. The number of hydrogen-bond donors (Lipinski definition) is 0. The molecule has 1 aliphatic heterocycles. The summed E-state index contributed by atoms with van der Waals surface area (Å²) < 4.78 is 2.00. The number of fused-ring (bicyclic) bond motifs is 3. The van der Waals surface area contributed by atoms with Crippen molar-refractivity contribution in [3.05, 3.63) is 83.4 Å². The molecule has 0 bridgehead atoms. The van der Waals surface area contributed by atoms with Gasteiger partial charge >= 0.3 is 0 Å². The summed E-state index contributed by atoms with van der Waals surface area (Å²) in [6, 6.07) is 24.8. The molecule has 26 heavy (non-hydrogen) atoms. The Morgan fingerprint density at radius 1 is 0.808 bits per heavy atom. The van der Waals surface area contributed by atoms with Gasteiger partial charge < -0.3 is 0 Å². The Morgan fingerprint density at radius 3 is 2.35 bits per heavy atom. The summed E-state index contributed by atoms with van der Waals surface area (Å²) in [5.74, 6) is 1.69. The maximum absolute atomic E-state index is 6.13. The Kier molecular flexibility index (Phi) is 3.61. The molecule has 0 fully saturated rings. The van der Waals surface area contributed by atoms with Crippen LogP contribution in [0.3, 0.4) is 0 Å². The summed E-state index contributed by atoms with van der Waals surface area (Å²) in [5, 5.41) is 5.49. The van der Waals surface area contributed by atoms with Crippen molar-refractivity contribution in [1.82, 2.24) is 14.8 Å². The third-order valence-electron chi connectivity index (χ3n) is 4.82. The molecular weight excluding hydrogens is 342 g/mol. The van der Waals surface area contributed by atoms with Crippen LogP contribution in [-0.2, 0) is 13.0 Å². The fourth-order valence-corrected chi connectivity index (χ4v) is 3.67. The van der Waals surface area contributed by atoms with E-state index in [9.17, 15) is 0 Å². The Morgan fingerprint density at radius 2 is 1.54 bits per heavy atom. The van der Waals surface area contributed by atoms with E-state index in [0.717, 1.165) is 40.8 Å². The lowest BCUT2D eigenvalue weighted by atomic mass is 10.0. The first-order valence-electron chi connectivity index (χ1n) is 8.67. The minimum atomic E-state index is 0.766. The van der Waals surface area contributed by atoms with E-state index >= 15 is 0 Å². The molecule has 5 rings (SSSR count). The lowest BCUT2D eigenvalue weighted by Crippen LogP contribution is -2.12. The van der Waals surface area contributed by atoms with Crippen LogP contribution in [0.25, 0.3) is 33.9 Å². The van der Waals surface area contributed by atoms with E-state index in [4.69, 9.17) is 21.7 Å². The van der Waals surface area contributed by atoms with E-state index in [0.29, 0.717) is 0 Å². The highest BCUT2D eigenvalue weighted by molar-refractivity contribution is 6.30. The Labute approximate surface area is 156 Å². The van der Waals surface area contributed by atoms with E-state index in [-0.39, 0.29) is 0 Å². The number of aromatic nitrogens is 3. The number of rotatable bonds is 2. The molecule has 0 radical (unpaired) electrons. The van der Waals surface area contributed by atoms with Gasteiger partial charge in [-0.15, -0.1) is 0 Å². The average molecular weight is 358 g/mol. The molecular formula is C22H16ClN3. The fourth-order valence-electron chi connectivity index (χ4n) is 3.48. The van der Waals surface area contributed by atoms with E-state index in [1.54, 1.807) is 0 Å². The lowest BCUT2D eigenvalue weighted by Gasteiger charge is -2.16. The van der Waals surface area contributed by atoms with Gasteiger partial charge in [0.25, 0.3) is 0 Å². The molecule has 1 aromatic heterocycles. The van der Waals surface area contributed by atoms with Gasteiger partial charge in [-0.3, -0.25) is 0 Å². The summed E-state index contributed by atoms with van der Waals surface area (Å²) in [4.78, 5) is 4.80. The number of benzene rings is 3. The van der Waals surface area contributed by atoms with Gasteiger partial charge in [-0.1, -0.05) is 66.2 Å². The van der Waals surface area contributed by atoms with Crippen molar-refractivity contribution >= 4 is 11.6 Å². The quantitative estimate of drug-likeness (QED) is 0.475. The van der Waals surface area contributed by atoms with Gasteiger partial charge in [0.1, 0.15) is 0 Å². The van der Waals surface area contributed by atoms with Crippen LogP contribution in [0.15, 0.2) is 72.8 Å². The molecule has 3 nitrogen and oxygen atoms in total. The molecule has 0 saturated heterocycles. The molecule has 0 aliphatic carbocycles. The maximum atomic E-state index is 6.13. The first-order chi connectivity index (χ1) is 12.8. The van der Waals surface area contributed by atoms with Gasteiger partial charge in [0, 0.05) is 22.7 Å². The van der Waals surface area contributed by atoms with Crippen LogP contribution in [0.2, 0.25) is 5.02 Å². The fraction of sp³-hybridized carbons (Fsp3) is 0.0909. The normalized spacial score (nSPS) is 12.5. The van der Waals surface area contributed by atoms with E-state index in [2.05, 4.69) is 48.5 Å². The molecule has 3 aromatic carbocycles. The van der Waals surface area contributed by atoms with Crippen LogP contribution in [0.5, 0.6) is 0 Å². The van der Waals surface area contributed by atoms with E-state index < -0.39 is 0 Å². The van der Waals surface area contributed by atoms with Gasteiger partial charge in [-0.05, 0) is 41.3 Å². The molecule has 0 amide bonds. The lowest BCUT2D eigenvalue weighted by molar-refractivity contribution is 0.607. The monoisotopic (exact) mass is 357 g/mol. The molecule has 126 valence electrons. The van der Waals surface area contributed by atoms with E-state index in [1.807, 2.05) is 28.9 Å². The average Bonchev–Trinajstić information content (AvgIpc) is 3.13. The number of halogens is 1. The second kappa shape index (κ2) is 6.11. The smallest absolute Gasteiger partial charge is 0.181 e. The van der Waals surface area contributed by atoms with Gasteiger partial charge in [0.2, 0.25) is 0 Å². The molecule has 0 saturated carbocycles. The van der Waals surface area contributed by atoms with Gasteiger partial charge in [0.05, 0.1) is 0 Å². The molecule has 1 aliphatic rings. The largest absolute Gasteiger partial charge is 0.245 e. The van der Waals surface area contributed by atoms with Crippen LogP contribution in [0, 0.1) is 0 Å². The summed E-state index contributed by atoms with van der Waals surface area (Å²) in [7, 11) is 0. The highest BCUT2D eigenvalue weighted by Gasteiger charge is 2.20. The summed E-state index contributed by atoms with van der Waals surface area (Å²) in [5.41, 5.74) is 5.80. The first kappa shape index (κ1) is 15.4. The van der Waals surface area contributed by atoms with Crippen LogP contribution in [0.4, 0.5) is 0 Å². The Bertz CT molecular complexity index is 1080. The van der Waals surface area contributed by atoms with Crippen molar-refractivity contribution in [1.29, 1.82) is 0 Å². The van der Waals surface area contributed by atoms with Crippen LogP contribution in [0.1, 0.15) is 5.56 Å². The van der Waals surface area contributed by atoms with Gasteiger partial charge in [-0.25, -0.2) is 9.67 Å². The van der Waals surface area contributed by atoms with Crippen LogP contribution < -0.4 is 0 Å². The Balaban J connectivity index is 1.52. The molecule has 4 heteroatoms. The molecule has 2 heterocycles. The van der Waals surface area contributed by atoms with Gasteiger partial charge in [-0.2, -0.15) is 5.10 Å². The molecule has 0 unspecified atom stereocenters. The standard InChI is InChI=1S/C22H16ClN3/c23-19-10-11-20-18(14-19)12-13-26-22(20)24-21(25-26)17-8-6-16(7-9-17)15-4-2-1-3-5-15/h1-11,14H,12-13H2. The predicted molar refractivity (Wildman–Crippen MR) is 105 cm³/mol. The second-order valence-corrected chi connectivity index (χ2v) is 6.91. The van der Waals surface area contributed by atoms with Crippen molar-refractivity contribution in [2.24, 2.45) is 0 Å². The number of nitrogens with zero attached hydrogens (tertiary/aromatic N) is 3. The highest BCUT2D eigenvalue weighted by atomic mass is 35.5. The predicted octanol–water partition coefficient (Wildman–Crippen LogP) is 5.49. The van der Waals surface area contributed by atoms with Gasteiger partial charge in [0.15, 0.2) is 11.6 Å². The van der Waals surface area contributed by atoms with Crippen molar-refractivity contribution in [3.63, 3.8) is 0 Å². The van der Waals surface area contributed by atoms with Crippen molar-refractivity contribution in [3.8, 4) is 33.9 Å². The Hall–Kier alpha value is -2.91. The zero-order chi connectivity index (χ0) is 17.5. The summed E-state index contributed by atoms with van der Waals surface area (Å²) in [6.07, 6.45) is 0.929. The third-order valence-corrected chi connectivity index (χ3v) is 5.06. The van der Waals surface area contributed by atoms with Crippen molar-refractivity contribution in [2.75, 3.05) is 0 Å². The summed E-state index contributed by atoms with van der Waals surface area (Å²) in [6.45, 7) is 0.831. The third kappa shape index (κ3) is 2.61. The first-order valence-corrected chi connectivity index (χ1v) is 9.05. The van der Waals surface area contributed by atoms with Crippen LogP contribution >= 0.6 is 11.6 Å². The molecule has 0 atom stereocenters. The number of aryl methyl sites for hydroxylation is 2. The topological polar surface area (TPSA) is 30.7 Å². The molecule has 4 aromatic rings. The number of hydrogen-bond acceptors (Lipinski definition) is 2. The minimum absolute atomic E-state index is 0.766. The zero-order valence-corrected chi connectivity index (χ0v) is 14.8. The molecule has 0 spiro atoms. The van der Waals surface area contributed by atoms with Crippen molar-refractivity contribution in [2.45, 2.75) is 13.0 Å². The molecule has 0 N–H and O–H groups in total. The van der Waals surface area contributed by atoms with Crippen molar-refractivity contribution < 1.29 is 0 Å². The minimum Gasteiger partial charge on any atom is -0.245 e. The second-order valence-electron chi connectivity index (χ2n) is 6.48. The summed E-state index contributed by atoms with van der Waals surface area (Å²) >= 11 is 6.13.